The van der Waals surface area contributed by atoms with Crippen LogP contribution < -0.4 is 16.0 Å². The monoisotopic (exact) mass is 347 g/mol. The first-order valence-corrected chi connectivity index (χ1v) is 8.65. The number of carbonyl (C=O) groups excluding carboxylic acids is 2. The predicted molar refractivity (Wildman–Crippen MR) is 93.1 cm³/mol. The van der Waals surface area contributed by atoms with Crippen molar-refractivity contribution in [2.24, 2.45) is 0 Å². The molecule has 1 atom stereocenters. The molecule has 25 heavy (non-hydrogen) atoms. The van der Waals surface area contributed by atoms with E-state index in [-0.39, 0.29) is 19.0 Å². The van der Waals surface area contributed by atoms with Gasteiger partial charge >= 0.3 is 12.0 Å². The number of rotatable bonds is 7. The van der Waals surface area contributed by atoms with Crippen LogP contribution in [0.1, 0.15) is 37.7 Å². The van der Waals surface area contributed by atoms with Crippen LogP contribution in [0, 0.1) is 0 Å². The largest absolute Gasteiger partial charge is 0.480 e. The van der Waals surface area contributed by atoms with E-state index in [0.717, 1.165) is 31.2 Å². The molecule has 7 nitrogen and oxygen atoms in total. The van der Waals surface area contributed by atoms with E-state index in [0.29, 0.717) is 0 Å². The van der Waals surface area contributed by atoms with Crippen LogP contribution in [-0.2, 0) is 16.0 Å². The standard InChI is InChI=1S/C18H25N3O4/c22-16(12-19-18(25)20-14-9-5-2-6-10-14)21-15(17(23)24)11-13-7-3-1-4-8-13/h1,3-4,7-8,14-15H,2,5-6,9-12H2,(H,21,22)(H,23,24)(H2,19,20,25). The third-order valence-corrected chi connectivity index (χ3v) is 4.27. The number of urea groups is 1. The molecule has 0 spiro atoms. The number of benzene rings is 1. The van der Waals surface area contributed by atoms with Gasteiger partial charge in [0.05, 0.1) is 6.54 Å². The summed E-state index contributed by atoms with van der Waals surface area (Å²) in [5, 5.41) is 17.0. The Morgan fingerprint density at radius 3 is 2.40 bits per heavy atom. The molecular weight excluding hydrogens is 322 g/mol. The Hall–Kier alpha value is -2.57. The maximum Gasteiger partial charge on any atom is 0.326 e. The summed E-state index contributed by atoms with van der Waals surface area (Å²) in [6, 6.07) is 7.81. The van der Waals surface area contributed by atoms with Crippen molar-refractivity contribution >= 4 is 17.9 Å². The van der Waals surface area contributed by atoms with Crippen LogP contribution in [0.25, 0.3) is 0 Å². The normalized spacial score (nSPS) is 15.8. The second kappa shape index (κ2) is 9.66. The molecule has 1 aliphatic carbocycles. The lowest BCUT2D eigenvalue weighted by Crippen LogP contribution is -2.49. The van der Waals surface area contributed by atoms with E-state index in [2.05, 4.69) is 16.0 Å². The van der Waals surface area contributed by atoms with Gasteiger partial charge in [0.1, 0.15) is 6.04 Å². The Morgan fingerprint density at radius 2 is 1.76 bits per heavy atom. The summed E-state index contributed by atoms with van der Waals surface area (Å²) in [6.07, 6.45) is 5.50. The fraction of sp³-hybridized carbons (Fsp3) is 0.500. The number of amides is 3. The molecule has 1 aliphatic rings. The molecule has 0 bridgehead atoms. The second-order valence-corrected chi connectivity index (χ2v) is 6.31. The van der Waals surface area contributed by atoms with Gasteiger partial charge in [0, 0.05) is 12.5 Å². The Morgan fingerprint density at radius 1 is 1.08 bits per heavy atom. The first-order valence-electron chi connectivity index (χ1n) is 8.65. The number of aliphatic carboxylic acids is 1. The van der Waals surface area contributed by atoms with Gasteiger partial charge in [-0.15, -0.1) is 0 Å². The molecule has 0 heterocycles. The van der Waals surface area contributed by atoms with Gasteiger partial charge in [-0.2, -0.15) is 0 Å². The fourth-order valence-electron chi connectivity index (χ4n) is 2.94. The summed E-state index contributed by atoms with van der Waals surface area (Å²) < 4.78 is 0. The van der Waals surface area contributed by atoms with Gasteiger partial charge in [0.25, 0.3) is 0 Å². The molecule has 4 N–H and O–H groups in total. The summed E-state index contributed by atoms with van der Waals surface area (Å²) in [4.78, 5) is 35.1. The van der Waals surface area contributed by atoms with Crippen LogP contribution in [0.5, 0.6) is 0 Å². The highest BCUT2D eigenvalue weighted by atomic mass is 16.4. The van der Waals surface area contributed by atoms with Crippen molar-refractivity contribution in [3.8, 4) is 0 Å². The zero-order valence-corrected chi connectivity index (χ0v) is 14.2. The number of nitrogens with one attached hydrogen (secondary N) is 3. The topological polar surface area (TPSA) is 108 Å². The van der Waals surface area contributed by atoms with Crippen LogP contribution in [0.2, 0.25) is 0 Å². The highest BCUT2D eigenvalue weighted by molar-refractivity contribution is 5.87. The smallest absolute Gasteiger partial charge is 0.326 e. The van der Waals surface area contributed by atoms with E-state index in [9.17, 15) is 19.5 Å². The molecule has 1 fully saturated rings. The molecule has 136 valence electrons. The summed E-state index contributed by atoms with van der Waals surface area (Å²) in [5.74, 6) is -1.63. The quantitative estimate of drug-likeness (QED) is 0.598. The van der Waals surface area contributed by atoms with Gasteiger partial charge in [0.15, 0.2) is 0 Å². The summed E-state index contributed by atoms with van der Waals surface area (Å²) in [6.45, 7) is -0.253. The first-order chi connectivity index (χ1) is 12.0. The molecule has 1 saturated carbocycles. The van der Waals surface area contributed by atoms with Crippen molar-refractivity contribution in [1.29, 1.82) is 0 Å². The molecule has 1 aromatic carbocycles. The molecule has 1 unspecified atom stereocenters. The van der Waals surface area contributed by atoms with E-state index in [1.807, 2.05) is 18.2 Å². The minimum atomic E-state index is -1.11. The molecule has 0 aromatic heterocycles. The minimum absolute atomic E-state index is 0.154. The Balaban J connectivity index is 1.74. The Bertz CT molecular complexity index is 585. The van der Waals surface area contributed by atoms with Crippen molar-refractivity contribution in [2.75, 3.05) is 6.54 Å². The number of carboxylic acid groups (broad SMARTS) is 1. The maximum atomic E-state index is 11.9. The lowest BCUT2D eigenvalue weighted by molar-refractivity contribution is -0.141. The van der Waals surface area contributed by atoms with Crippen molar-refractivity contribution in [1.82, 2.24) is 16.0 Å². The Labute approximate surface area is 147 Å². The predicted octanol–water partition coefficient (Wildman–Crippen LogP) is 1.43. The Kier molecular flexibility index (Phi) is 7.25. The molecular formula is C18H25N3O4. The molecule has 0 saturated heterocycles. The molecule has 3 amide bonds. The average Bonchev–Trinajstić information content (AvgIpc) is 2.61. The molecule has 0 radical (unpaired) electrons. The van der Waals surface area contributed by atoms with Gasteiger partial charge in [-0.1, -0.05) is 49.6 Å². The van der Waals surface area contributed by atoms with Gasteiger partial charge in [-0.3, -0.25) is 4.79 Å². The second-order valence-electron chi connectivity index (χ2n) is 6.31. The average molecular weight is 347 g/mol. The van der Waals surface area contributed by atoms with Crippen molar-refractivity contribution in [2.45, 2.75) is 50.6 Å². The fourth-order valence-corrected chi connectivity index (χ4v) is 2.94. The molecule has 0 aliphatic heterocycles. The van der Waals surface area contributed by atoms with Gasteiger partial charge in [-0.25, -0.2) is 9.59 Å². The van der Waals surface area contributed by atoms with E-state index in [1.165, 1.54) is 6.42 Å². The third kappa shape index (κ3) is 6.82. The summed E-state index contributed by atoms with van der Waals surface area (Å²) in [5.41, 5.74) is 0.818. The molecule has 1 aromatic rings. The summed E-state index contributed by atoms with van der Waals surface area (Å²) >= 11 is 0. The zero-order chi connectivity index (χ0) is 18.1. The molecule has 2 rings (SSSR count). The number of carbonyl (C=O) groups is 3. The van der Waals surface area contributed by atoms with Crippen molar-refractivity contribution in [3.05, 3.63) is 35.9 Å². The summed E-state index contributed by atoms with van der Waals surface area (Å²) in [7, 11) is 0. The van der Waals surface area contributed by atoms with E-state index in [4.69, 9.17) is 0 Å². The number of hydrogen-bond donors (Lipinski definition) is 4. The van der Waals surface area contributed by atoms with Crippen LogP contribution in [0.3, 0.4) is 0 Å². The van der Waals surface area contributed by atoms with Crippen LogP contribution in [-0.4, -0.2) is 41.6 Å². The highest BCUT2D eigenvalue weighted by Crippen LogP contribution is 2.17. The van der Waals surface area contributed by atoms with Crippen LogP contribution in [0.15, 0.2) is 30.3 Å². The zero-order valence-electron chi connectivity index (χ0n) is 14.2. The van der Waals surface area contributed by atoms with Gasteiger partial charge in [-0.05, 0) is 18.4 Å². The lowest BCUT2D eigenvalue weighted by atomic mass is 9.96. The van der Waals surface area contributed by atoms with Crippen LogP contribution >= 0.6 is 0 Å². The van der Waals surface area contributed by atoms with Gasteiger partial charge < -0.3 is 21.1 Å². The maximum absolute atomic E-state index is 11.9. The van der Waals surface area contributed by atoms with E-state index < -0.39 is 23.9 Å². The number of carboxylic acids is 1. The van der Waals surface area contributed by atoms with Crippen molar-refractivity contribution in [3.63, 3.8) is 0 Å². The first kappa shape index (κ1) is 18.8. The SMILES string of the molecule is O=C(CNC(=O)NC1CCCCC1)NC(Cc1ccccc1)C(=O)O. The lowest BCUT2D eigenvalue weighted by Gasteiger charge is -2.23. The van der Waals surface area contributed by atoms with E-state index in [1.54, 1.807) is 12.1 Å². The van der Waals surface area contributed by atoms with E-state index >= 15 is 0 Å². The van der Waals surface area contributed by atoms with Crippen molar-refractivity contribution < 1.29 is 19.5 Å². The third-order valence-electron chi connectivity index (χ3n) is 4.27. The molecule has 7 heteroatoms. The minimum Gasteiger partial charge on any atom is -0.480 e. The highest BCUT2D eigenvalue weighted by Gasteiger charge is 2.21. The van der Waals surface area contributed by atoms with Gasteiger partial charge in [0.2, 0.25) is 5.91 Å². The number of hydrogen-bond acceptors (Lipinski definition) is 3. The van der Waals surface area contributed by atoms with Crippen LogP contribution in [0.4, 0.5) is 4.79 Å².